The molecule has 0 unspecified atom stereocenters. The van der Waals surface area contributed by atoms with E-state index in [4.69, 9.17) is 10.2 Å². The lowest BCUT2D eigenvalue weighted by Gasteiger charge is -1.99. The monoisotopic (exact) mass is 204 g/mol. The molecule has 0 aliphatic carbocycles. The minimum absolute atomic E-state index is 0.350. The summed E-state index contributed by atoms with van der Waals surface area (Å²) >= 11 is 0. The fourth-order valence-corrected chi connectivity index (χ4v) is 1.51. The van der Waals surface area contributed by atoms with Crippen molar-refractivity contribution in [3.63, 3.8) is 0 Å². The van der Waals surface area contributed by atoms with Crippen LogP contribution in [-0.4, -0.2) is 4.57 Å². The predicted octanol–water partition coefficient (Wildman–Crippen LogP) is 1.75. The van der Waals surface area contributed by atoms with Crippen LogP contribution in [0.4, 0.5) is 5.69 Å². The first-order chi connectivity index (χ1) is 7.22. The quantitative estimate of drug-likeness (QED) is 0.612. The standard InChI is InChI=1S/C11H12N2O2/c1-2-3-6-13-9-7-8(12)4-5-10(9)15-11(13)14/h2,4-5,7H,1,3,6,12H2. The molecule has 0 saturated heterocycles. The van der Waals surface area contributed by atoms with Crippen molar-refractivity contribution in [2.75, 3.05) is 5.73 Å². The first kappa shape index (κ1) is 9.58. The second-order valence-electron chi connectivity index (χ2n) is 3.32. The van der Waals surface area contributed by atoms with Crippen LogP contribution in [0.25, 0.3) is 11.1 Å². The first-order valence-electron chi connectivity index (χ1n) is 4.72. The van der Waals surface area contributed by atoms with E-state index < -0.39 is 0 Å². The van der Waals surface area contributed by atoms with Crippen LogP contribution in [0.5, 0.6) is 0 Å². The predicted molar refractivity (Wildman–Crippen MR) is 59.7 cm³/mol. The van der Waals surface area contributed by atoms with Gasteiger partial charge >= 0.3 is 5.76 Å². The molecule has 0 radical (unpaired) electrons. The number of hydrogen-bond acceptors (Lipinski definition) is 3. The number of aromatic nitrogens is 1. The molecule has 0 bridgehead atoms. The molecule has 2 N–H and O–H groups in total. The van der Waals surface area contributed by atoms with Crippen molar-refractivity contribution in [1.29, 1.82) is 0 Å². The third kappa shape index (κ3) is 1.66. The van der Waals surface area contributed by atoms with Crippen molar-refractivity contribution >= 4 is 16.8 Å². The summed E-state index contributed by atoms with van der Waals surface area (Å²) in [7, 11) is 0. The van der Waals surface area contributed by atoms with E-state index in [0.29, 0.717) is 17.8 Å². The van der Waals surface area contributed by atoms with Crippen LogP contribution >= 0.6 is 0 Å². The van der Waals surface area contributed by atoms with E-state index in [-0.39, 0.29) is 5.76 Å². The lowest BCUT2D eigenvalue weighted by molar-refractivity contribution is 0.507. The Bertz CT molecular complexity index is 551. The molecule has 78 valence electrons. The van der Waals surface area contributed by atoms with Gasteiger partial charge in [0.1, 0.15) is 0 Å². The number of hydrogen-bond donors (Lipinski definition) is 1. The summed E-state index contributed by atoms with van der Waals surface area (Å²) in [5, 5.41) is 0. The van der Waals surface area contributed by atoms with Gasteiger partial charge in [-0.25, -0.2) is 4.79 Å². The molecule has 0 fully saturated rings. The van der Waals surface area contributed by atoms with Gasteiger partial charge in [-0.1, -0.05) is 6.08 Å². The first-order valence-corrected chi connectivity index (χ1v) is 4.72. The highest BCUT2D eigenvalue weighted by Crippen LogP contribution is 2.16. The molecule has 0 amide bonds. The third-order valence-corrected chi connectivity index (χ3v) is 2.25. The molecular formula is C11H12N2O2. The maximum atomic E-state index is 11.5. The number of aryl methyl sites for hydroxylation is 1. The van der Waals surface area contributed by atoms with E-state index in [9.17, 15) is 4.79 Å². The van der Waals surface area contributed by atoms with Gasteiger partial charge in [0.15, 0.2) is 5.58 Å². The van der Waals surface area contributed by atoms with Crippen LogP contribution in [0.2, 0.25) is 0 Å². The fourth-order valence-electron chi connectivity index (χ4n) is 1.51. The molecule has 0 aliphatic rings. The van der Waals surface area contributed by atoms with Crippen LogP contribution < -0.4 is 11.5 Å². The molecule has 0 atom stereocenters. The lowest BCUT2D eigenvalue weighted by atomic mass is 10.3. The van der Waals surface area contributed by atoms with Crippen molar-refractivity contribution in [2.24, 2.45) is 0 Å². The number of nitrogen functional groups attached to an aromatic ring is 1. The van der Waals surface area contributed by atoms with Crippen LogP contribution in [-0.2, 0) is 6.54 Å². The zero-order valence-corrected chi connectivity index (χ0v) is 8.27. The van der Waals surface area contributed by atoms with E-state index >= 15 is 0 Å². The summed E-state index contributed by atoms with van der Waals surface area (Å²) in [5.74, 6) is -0.350. The zero-order chi connectivity index (χ0) is 10.8. The lowest BCUT2D eigenvalue weighted by Crippen LogP contribution is -2.13. The molecule has 1 heterocycles. The summed E-state index contributed by atoms with van der Waals surface area (Å²) in [6.07, 6.45) is 2.49. The van der Waals surface area contributed by atoms with Crippen LogP contribution in [0.3, 0.4) is 0 Å². The number of benzene rings is 1. The Labute approximate surface area is 86.6 Å². The Kier molecular flexibility index (Phi) is 2.33. The second-order valence-corrected chi connectivity index (χ2v) is 3.32. The smallest absolute Gasteiger partial charge is 0.408 e. The van der Waals surface area contributed by atoms with E-state index in [1.807, 2.05) is 0 Å². The number of allylic oxidation sites excluding steroid dienone is 1. The number of anilines is 1. The highest BCUT2D eigenvalue weighted by Gasteiger charge is 2.07. The molecule has 0 spiro atoms. The van der Waals surface area contributed by atoms with Gasteiger partial charge in [0, 0.05) is 12.2 Å². The molecule has 15 heavy (non-hydrogen) atoms. The van der Waals surface area contributed by atoms with Crippen molar-refractivity contribution in [3.05, 3.63) is 41.4 Å². The van der Waals surface area contributed by atoms with Gasteiger partial charge in [-0.2, -0.15) is 0 Å². The third-order valence-electron chi connectivity index (χ3n) is 2.25. The van der Waals surface area contributed by atoms with E-state index in [1.54, 1.807) is 28.8 Å². The average Bonchev–Trinajstić information content (AvgIpc) is 2.51. The molecule has 0 aliphatic heterocycles. The molecule has 0 saturated carbocycles. The van der Waals surface area contributed by atoms with Crippen LogP contribution in [0.15, 0.2) is 40.1 Å². The van der Waals surface area contributed by atoms with Crippen LogP contribution in [0, 0.1) is 0 Å². The molecule has 2 rings (SSSR count). The van der Waals surface area contributed by atoms with Gasteiger partial charge in [0.25, 0.3) is 0 Å². The van der Waals surface area contributed by atoms with E-state index in [1.165, 1.54) is 0 Å². The number of oxazole rings is 1. The van der Waals surface area contributed by atoms with Crippen molar-refractivity contribution in [2.45, 2.75) is 13.0 Å². The molecule has 2 aromatic rings. The van der Waals surface area contributed by atoms with Gasteiger partial charge in [-0.15, -0.1) is 6.58 Å². The molecular weight excluding hydrogens is 192 g/mol. The topological polar surface area (TPSA) is 61.2 Å². The summed E-state index contributed by atoms with van der Waals surface area (Å²) in [5.41, 5.74) is 7.58. The normalized spacial score (nSPS) is 10.7. The largest absolute Gasteiger partial charge is 0.419 e. The highest BCUT2D eigenvalue weighted by atomic mass is 16.4. The number of nitrogens with two attached hydrogens (primary N) is 1. The highest BCUT2D eigenvalue weighted by molar-refractivity contribution is 5.76. The Morgan fingerprint density at radius 2 is 2.33 bits per heavy atom. The van der Waals surface area contributed by atoms with Gasteiger partial charge in [0.2, 0.25) is 0 Å². The molecule has 4 nitrogen and oxygen atoms in total. The Balaban J connectivity index is 2.60. The summed E-state index contributed by atoms with van der Waals surface area (Å²) in [6, 6.07) is 5.16. The molecule has 1 aromatic heterocycles. The maximum absolute atomic E-state index is 11.5. The minimum Gasteiger partial charge on any atom is -0.408 e. The van der Waals surface area contributed by atoms with Gasteiger partial charge in [-0.3, -0.25) is 4.57 Å². The number of rotatable bonds is 3. The molecule has 4 heteroatoms. The van der Waals surface area contributed by atoms with Gasteiger partial charge in [0.05, 0.1) is 5.52 Å². The summed E-state index contributed by atoms with van der Waals surface area (Å²) in [4.78, 5) is 11.5. The van der Waals surface area contributed by atoms with Gasteiger partial charge in [-0.05, 0) is 24.6 Å². The summed E-state index contributed by atoms with van der Waals surface area (Å²) in [6.45, 7) is 4.18. The Morgan fingerprint density at radius 1 is 1.53 bits per heavy atom. The van der Waals surface area contributed by atoms with Crippen LogP contribution in [0.1, 0.15) is 6.42 Å². The van der Waals surface area contributed by atoms with Crippen molar-refractivity contribution in [1.82, 2.24) is 4.57 Å². The van der Waals surface area contributed by atoms with E-state index in [2.05, 4.69) is 6.58 Å². The Morgan fingerprint density at radius 3 is 3.07 bits per heavy atom. The zero-order valence-electron chi connectivity index (χ0n) is 8.27. The number of nitrogens with zero attached hydrogens (tertiary/aromatic N) is 1. The second kappa shape index (κ2) is 3.65. The van der Waals surface area contributed by atoms with Crippen molar-refractivity contribution in [3.8, 4) is 0 Å². The fraction of sp³-hybridized carbons (Fsp3) is 0.182. The molecule has 1 aromatic carbocycles. The summed E-state index contributed by atoms with van der Waals surface area (Å²) < 4.78 is 6.63. The Hall–Kier alpha value is -1.97. The van der Waals surface area contributed by atoms with E-state index in [0.717, 1.165) is 11.9 Å². The SMILES string of the molecule is C=CCCn1c(=O)oc2ccc(N)cc21. The number of fused-ring (bicyclic) bond motifs is 1. The maximum Gasteiger partial charge on any atom is 0.419 e. The van der Waals surface area contributed by atoms with Gasteiger partial charge < -0.3 is 10.2 Å². The van der Waals surface area contributed by atoms with Crippen molar-refractivity contribution < 1.29 is 4.42 Å². The minimum atomic E-state index is -0.350. The average molecular weight is 204 g/mol.